The number of thiophene rings is 1. The van der Waals surface area contributed by atoms with Crippen LogP contribution in [0.4, 0.5) is 0 Å². The Morgan fingerprint density at radius 1 is 1.17 bits per heavy atom. The van der Waals surface area contributed by atoms with Crippen molar-refractivity contribution in [2.45, 2.75) is 37.7 Å². The van der Waals surface area contributed by atoms with Crippen molar-refractivity contribution >= 4 is 21.4 Å². The molecule has 0 bridgehead atoms. The second-order valence-electron chi connectivity index (χ2n) is 5.95. The Morgan fingerprint density at radius 3 is 2.57 bits per heavy atom. The van der Waals surface area contributed by atoms with E-state index in [0.717, 1.165) is 24.2 Å². The van der Waals surface area contributed by atoms with Crippen molar-refractivity contribution in [3.63, 3.8) is 0 Å². The Labute approximate surface area is 141 Å². The molecule has 1 aliphatic rings. The molecule has 0 aliphatic carbocycles. The molecule has 0 spiro atoms. The van der Waals surface area contributed by atoms with Crippen molar-refractivity contribution in [3.05, 3.63) is 46.2 Å². The summed E-state index contributed by atoms with van der Waals surface area (Å²) in [5.41, 5.74) is 2.28. The van der Waals surface area contributed by atoms with Crippen molar-refractivity contribution in [3.8, 4) is 5.75 Å². The molecule has 4 nitrogen and oxygen atoms in total. The minimum absolute atomic E-state index is 0.0735. The number of benzene rings is 1. The van der Waals surface area contributed by atoms with Gasteiger partial charge in [-0.2, -0.15) is 15.6 Å². The second kappa shape index (κ2) is 6.63. The minimum atomic E-state index is -3.34. The first-order valence-corrected chi connectivity index (χ1v) is 10.1. The predicted molar refractivity (Wildman–Crippen MR) is 92.6 cm³/mol. The largest absolute Gasteiger partial charge is 0.490 e. The van der Waals surface area contributed by atoms with Crippen LogP contribution in [-0.4, -0.2) is 31.9 Å². The fourth-order valence-corrected chi connectivity index (χ4v) is 5.24. The molecule has 0 atom stereocenters. The minimum Gasteiger partial charge on any atom is -0.490 e. The molecule has 2 heterocycles. The Bertz CT molecular complexity index is 761. The summed E-state index contributed by atoms with van der Waals surface area (Å²) < 4.78 is 32.7. The summed E-state index contributed by atoms with van der Waals surface area (Å²) in [6.45, 7) is 5.09. The van der Waals surface area contributed by atoms with Crippen LogP contribution < -0.4 is 4.74 Å². The van der Waals surface area contributed by atoms with Crippen molar-refractivity contribution in [1.29, 1.82) is 0 Å². The maximum Gasteiger partial charge on any atom is 0.243 e. The van der Waals surface area contributed by atoms with Gasteiger partial charge in [0, 0.05) is 18.5 Å². The van der Waals surface area contributed by atoms with E-state index in [9.17, 15) is 8.42 Å². The molecule has 0 N–H and O–H groups in total. The highest BCUT2D eigenvalue weighted by molar-refractivity contribution is 7.89. The standard InChI is InChI=1S/C17H21NO3S2/c1-13-3-4-14(2)17(11-13)21-15-5-8-18(9-6-15)23(19,20)16-7-10-22-12-16/h3-4,7,10-12,15H,5-6,8-9H2,1-2H3. The summed E-state index contributed by atoms with van der Waals surface area (Å²) in [6.07, 6.45) is 1.51. The van der Waals surface area contributed by atoms with E-state index < -0.39 is 10.0 Å². The third-order valence-electron chi connectivity index (χ3n) is 4.17. The van der Waals surface area contributed by atoms with Crippen LogP contribution in [0.1, 0.15) is 24.0 Å². The molecule has 1 aromatic carbocycles. The van der Waals surface area contributed by atoms with Gasteiger partial charge in [-0.15, -0.1) is 0 Å². The van der Waals surface area contributed by atoms with E-state index >= 15 is 0 Å². The molecule has 0 unspecified atom stereocenters. The van der Waals surface area contributed by atoms with Crippen LogP contribution in [0.3, 0.4) is 0 Å². The number of hydrogen-bond acceptors (Lipinski definition) is 4. The molecule has 1 fully saturated rings. The summed E-state index contributed by atoms with van der Waals surface area (Å²) in [6, 6.07) is 7.83. The molecule has 0 radical (unpaired) electrons. The van der Waals surface area contributed by atoms with Crippen LogP contribution in [0.2, 0.25) is 0 Å². The van der Waals surface area contributed by atoms with Crippen molar-refractivity contribution in [2.75, 3.05) is 13.1 Å². The molecule has 0 amide bonds. The Balaban J connectivity index is 1.64. The quantitative estimate of drug-likeness (QED) is 0.845. The topological polar surface area (TPSA) is 46.6 Å². The number of nitrogens with zero attached hydrogens (tertiary/aromatic N) is 1. The predicted octanol–water partition coefficient (Wildman–Crippen LogP) is 3.60. The Hall–Kier alpha value is -1.37. The average molecular weight is 351 g/mol. The van der Waals surface area contributed by atoms with E-state index in [2.05, 4.69) is 12.1 Å². The Kier molecular flexibility index (Phi) is 4.75. The highest BCUT2D eigenvalue weighted by Gasteiger charge is 2.30. The average Bonchev–Trinajstić information content (AvgIpc) is 3.07. The molecule has 1 aliphatic heterocycles. The zero-order chi connectivity index (χ0) is 16.4. The first kappa shape index (κ1) is 16.5. The van der Waals surface area contributed by atoms with Gasteiger partial charge < -0.3 is 4.74 Å². The SMILES string of the molecule is Cc1ccc(C)c(OC2CCN(S(=O)(=O)c3ccsc3)CC2)c1. The van der Waals surface area contributed by atoms with E-state index in [1.165, 1.54) is 16.9 Å². The van der Waals surface area contributed by atoms with Crippen LogP contribution in [0.15, 0.2) is 39.9 Å². The van der Waals surface area contributed by atoms with E-state index in [1.54, 1.807) is 21.1 Å². The molecule has 23 heavy (non-hydrogen) atoms. The summed E-state index contributed by atoms with van der Waals surface area (Å²) >= 11 is 1.41. The van der Waals surface area contributed by atoms with Crippen molar-refractivity contribution < 1.29 is 13.2 Å². The van der Waals surface area contributed by atoms with Gasteiger partial charge in [-0.25, -0.2) is 8.42 Å². The molecule has 0 saturated carbocycles. The van der Waals surface area contributed by atoms with E-state index in [4.69, 9.17) is 4.74 Å². The number of aryl methyl sites for hydroxylation is 2. The van der Waals surface area contributed by atoms with Crippen molar-refractivity contribution in [2.24, 2.45) is 0 Å². The fraction of sp³-hybridized carbons (Fsp3) is 0.412. The number of ether oxygens (including phenoxy) is 1. The highest BCUT2D eigenvalue weighted by Crippen LogP contribution is 2.26. The van der Waals surface area contributed by atoms with Crippen LogP contribution in [0, 0.1) is 13.8 Å². The molecular weight excluding hydrogens is 330 g/mol. The fourth-order valence-electron chi connectivity index (χ4n) is 2.75. The molecule has 1 saturated heterocycles. The zero-order valence-electron chi connectivity index (χ0n) is 13.4. The van der Waals surface area contributed by atoms with Gasteiger partial charge in [0.1, 0.15) is 11.9 Å². The summed E-state index contributed by atoms with van der Waals surface area (Å²) in [4.78, 5) is 0.399. The number of piperidine rings is 1. The number of hydrogen-bond donors (Lipinski definition) is 0. The van der Waals surface area contributed by atoms with Gasteiger partial charge in [-0.3, -0.25) is 0 Å². The van der Waals surface area contributed by atoms with E-state index in [1.807, 2.05) is 19.9 Å². The third kappa shape index (κ3) is 3.59. The Morgan fingerprint density at radius 2 is 1.91 bits per heavy atom. The van der Waals surface area contributed by atoms with Gasteiger partial charge in [-0.1, -0.05) is 12.1 Å². The van der Waals surface area contributed by atoms with Gasteiger partial charge in [0.15, 0.2) is 0 Å². The van der Waals surface area contributed by atoms with Gasteiger partial charge >= 0.3 is 0 Å². The molecular formula is C17H21NO3S2. The molecule has 3 rings (SSSR count). The number of sulfonamides is 1. The van der Waals surface area contributed by atoms with Crippen LogP contribution in [0.25, 0.3) is 0 Å². The van der Waals surface area contributed by atoms with E-state index in [0.29, 0.717) is 18.0 Å². The highest BCUT2D eigenvalue weighted by atomic mass is 32.2. The smallest absolute Gasteiger partial charge is 0.243 e. The van der Waals surface area contributed by atoms with Crippen LogP contribution >= 0.6 is 11.3 Å². The third-order valence-corrected chi connectivity index (χ3v) is 6.90. The first-order valence-electron chi connectivity index (χ1n) is 7.73. The van der Waals surface area contributed by atoms with Crippen LogP contribution in [0.5, 0.6) is 5.75 Å². The normalized spacial score (nSPS) is 17.3. The van der Waals surface area contributed by atoms with Gasteiger partial charge in [0.05, 0.1) is 4.90 Å². The lowest BCUT2D eigenvalue weighted by Gasteiger charge is -2.31. The lowest BCUT2D eigenvalue weighted by molar-refractivity contribution is 0.134. The lowest BCUT2D eigenvalue weighted by Crippen LogP contribution is -2.41. The summed E-state index contributed by atoms with van der Waals surface area (Å²) in [5.74, 6) is 0.907. The number of rotatable bonds is 4. The lowest BCUT2D eigenvalue weighted by atomic mass is 10.1. The monoisotopic (exact) mass is 351 g/mol. The van der Waals surface area contributed by atoms with Crippen molar-refractivity contribution in [1.82, 2.24) is 4.31 Å². The van der Waals surface area contributed by atoms with Gasteiger partial charge in [-0.05, 0) is 55.3 Å². The summed E-state index contributed by atoms with van der Waals surface area (Å²) in [5, 5.41) is 3.48. The van der Waals surface area contributed by atoms with Gasteiger partial charge in [0.2, 0.25) is 10.0 Å². The molecule has 124 valence electrons. The van der Waals surface area contributed by atoms with Gasteiger partial charge in [0.25, 0.3) is 0 Å². The maximum atomic E-state index is 12.5. The molecule has 6 heteroatoms. The van der Waals surface area contributed by atoms with Crippen LogP contribution in [-0.2, 0) is 10.0 Å². The zero-order valence-corrected chi connectivity index (χ0v) is 15.0. The molecule has 2 aromatic rings. The second-order valence-corrected chi connectivity index (χ2v) is 8.67. The first-order chi connectivity index (χ1) is 11.0. The molecule has 1 aromatic heterocycles. The summed E-state index contributed by atoms with van der Waals surface area (Å²) in [7, 11) is -3.34. The maximum absolute atomic E-state index is 12.5. The van der Waals surface area contributed by atoms with E-state index in [-0.39, 0.29) is 6.10 Å².